The van der Waals surface area contributed by atoms with Crippen LogP contribution < -0.4 is 10.4 Å². The van der Waals surface area contributed by atoms with E-state index < -0.39 is 38.2 Å². The molecular weight excluding hydrogens is 464 g/mol. The fourth-order valence-electron chi connectivity index (χ4n) is 5.94. The summed E-state index contributed by atoms with van der Waals surface area (Å²) < 4.78 is 12.9. The lowest BCUT2D eigenvalue weighted by Gasteiger charge is -2.65. The Morgan fingerprint density at radius 2 is 1.44 bits per heavy atom. The average Bonchev–Trinajstić information content (AvgIpc) is 2.86. The van der Waals surface area contributed by atoms with Gasteiger partial charge in [-0.3, -0.25) is 0 Å². The van der Waals surface area contributed by atoms with Crippen molar-refractivity contribution in [3.8, 4) is 0 Å². The zero-order chi connectivity index (χ0) is 23.7. The van der Waals surface area contributed by atoms with Crippen LogP contribution in [0, 0.1) is 6.92 Å². The maximum atomic E-state index is 10.7. The van der Waals surface area contributed by atoms with Crippen molar-refractivity contribution in [2.24, 2.45) is 0 Å². The van der Waals surface area contributed by atoms with E-state index in [9.17, 15) is 15.3 Å². The standard InChI is InChI=1S/C27H28O5SSi/c1-16-11-13-17(14-12-16)33-26-25(30)24(29)23(28)20(32-26)15-31-34-21-9-5-3-7-18(21)27(34,2)19-8-4-6-10-22(19)34/h3-14,20,23-26,28-30H,15H2,1-2H3/t20-,23-,24+,25-,26+,27?,34?/m1/s1. The Labute approximate surface area is 204 Å². The topological polar surface area (TPSA) is 79.2 Å². The summed E-state index contributed by atoms with van der Waals surface area (Å²) in [6, 6.07) is 24.9. The van der Waals surface area contributed by atoms with Crippen LogP contribution in [-0.4, -0.2) is 60.1 Å². The van der Waals surface area contributed by atoms with Crippen LogP contribution in [0.3, 0.4) is 0 Å². The van der Waals surface area contributed by atoms with Crippen molar-refractivity contribution in [1.82, 2.24) is 0 Å². The van der Waals surface area contributed by atoms with Crippen LogP contribution in [0.5, 0.6) is 0 Å². The van der Waals surface area contributed by atoms with Crippen LogP contribution in [0.25, 0.3) is 0 Å². The second-order valence-electron chi connectivity index (χ2n) is 9.65. The highest BCUT2D eigenvalue weighted by Crippen LogP contribution is 2.54. The molecule has 0 unspecified atom stereocenters. The summed E-state index contributed by atoms with van der Waals surface area (Å²) in [7, 11) is -2.48. The number of aliphatic hydroxyl groups excluding tert-OH is 3. The molecule has 5 atom stereocenters. The summed E-state index contributed by atoms with van der Waals surface area (Å²) in [5.74, 6) is 0. The number of fused-ring (bicyclic) bond motifs is 7. The van der Waals surface area contributed by atoms with Gasteiger partial charge in [-0.1, -0.05) is 84.9 Å². The number of ether oxygens (including phenoxy) is 1. The third kappa shape index (κ3) is 2.92. The van der Waals surface area contributed by atoms with Crippen molar-refractivity contribution < 1.29 is 24.5 Å². The molecule has 34 heavy (non-hydrogen) atoms. The van der Waals surface area contributed by atoms with Gasteiger partial charge >= 0.3 is 0 Å². The normalized spacial score (nSPS) is 35.4. The summed E-state index contributed by atoms with van der Waals surface area (Å²) in [6.07, 6.45) is -4.48. The molecule has 0 saturated carbocycles. The number of hydrogen-bond donors (Lipinski definition) is 3. The Hall–Kier alpha value is -1.97. The lowest BCUT2D eigenvalue weighted by atomic mass is 9.88. The predicted molar refractivity (Wildman–Crippen MR) is 134 cm³/mol. The molecule has 3 aromatic carbocycles. The van der Waals surface area contributed by atoms with Crippen molar-refractivity contribution >= 4 is 30.5 Å². The Kier molecular flexibility index (Phi) is 5.31. The van der Waals surface area contributed by atoms with Crippen LogP contribution in [0.4, 0.5) is 0 Å². The third-order valence-corrected chi connectivity index (χ3v) is 13.9. The van der Waals surface area contributed by atoms with E-state index in [0.717, 1.165) is 10.5 Å². The molecule has 3 aliphatic heterocycles. The second kappa shape index (κ2) is 8.03. The highest BCUT2D eigenvalue weighted by atomic mass is 32.2. The van der Waals surface area contributed by atoms with E-state index >= 15 is 0 Å². The molecule has 0 bridgehead atoms. The molecule has 176 valence electrons. The van der Waals surface area contributed by atoms with Crippen LogP contribution in [0.2, 0.25) is 0 Å². The van der Waals surface area contributed by atoms with E-state index in [4.69, 9.17) is 9.16 Å². The van der Waals surface area contributed by atoms with Gasteiger partial charge in [-0.25, -0.2) is 0 Å². The summed E-state index contributed by atoms with van der Waals surface area (Å²) in [5, 5.41) is 34.4. The molecule has 0 aliphatic carbocycles. The van der Waals surface area contributed by atoms with Gasteiger partial charge in [-0.2, -0.15) is 0 Å². The zero-order valence-electron chi connectivity index (χ0n) is 19.1. The van der Waals surface area contributed by atoms with Gasteiger partial charge in [-0.05, 0) is 40.6 Å². The van der Waals surface area contributed by atoms with Gasteiger partial charge in [0.1, 0.15) is 29.9 Å². The lowest BCUT2D eigenvalue weighted by molar-refractivity contribution is -0.204. The molecule has 0 amide bonds. The predicted octanol–water partition coefficient (Wildman–Crippen LogP) is 1.84. The first-order valence-electron chi connectivity index (χ1n) is 11.6. The molecule has 1 saturated heterocycles. The fraction of sp³-hybridized carbons (Fsp3) is 0.333. The van der Waals surface area contributed by atoms with Crippen molar-refractivity contribution in [2.75, 3.05) is 6.61 Å². The smallest absolute Gasteiger partial charge is 0.271 e. The Bertz CT molecular complexity index is 1180. The van der Waals surface area contributed by atoms with Gasteiger partial charge in [0.2, 0.25) is 0 Å². The van der Waals surface area contributed by atoms with Crippen LogP contribution in [0.1, 0.15) is 23.6 Å². The zero-order valence-corrected chi connectivity index (χ0v) is 20.9. The molecule has 5 nitrogen and oxygen atoms in total. The molecule has 0 spiro atoms. The van der Waals surface area contributed by atoms with Crippen molar-refractivity contribution in [1.29, 1.82) is 0 Å². The van der Waals surface area contributed by atoms with E-state index in [0.29, 0.717) is 0 Å². The molecule has 0 aromatic heterocycles. The number of thioether (sulfide) groups is 1. The summed E-state index contributed by atoms with van der Waals surface area (Å²) >= 11 is 1.35. The molecule has 6 rings (SSSR count). The summed E-state index contributed by atoms with van der Waals surface area (Å²) in [4.78, 5) is 0.930. The van der Waals surface area contributed by atoms with Crippen molar-refractivity contribution in [3.63, 3.8) is 0 Å². The number of hydrogen-bond acceptors (Lipinski definition) is 6. The number of aryl methyl sites for hydroxylation is 1. The largest absolute Gasteiger partial charge is 0.404 e. The van der Waals surface area contributed by atoms with Gasteiger partial charge in [0.25, 0.3) is 8.32 Å². The maximum absolute atomic E-state index is 10.7. The Morgan fingerprint density at radius 3 is 2.06 bits per heavy atom. The summed E-state index contributed by atoms with van der Waals surface area (Å²) in [6.45, 7) is 4.43. The molecule has 3 aromatic rings. The van der Waals surface area contributed by atoms with Crippen LogP contribution >= 0.6 is 11.8 Å². The minimum Gasteiger partial charge on any atom is -0.404 e. The van der Waals surface area contributed by atoms with Crippen molar-refractivity contribution in [2.45, 2.75) is 53.6 Å². The minimum atomic E-state index is -2.48. The highest BCUT2D eigenvalue weighted by Gasteiger charge is 2.74. The van der Waals surface area contributed by atoms with E-state index in [1.165, 1.54) is 33.3 Å². The molecule has 3 aliphatic rings. The third-order valence-electron chi connectivity index (χ3n) is 7.80. The number of rotatable bonds is 5. The Morgan fingerprint density at radius 1 is 0.853 bits per heavy atom. The van der Waals surface area contributed by atoms with E-state index in [-0.39, 0.29) is 11.6 Å². The Balaban J connectivity index is 1.26. The molecule has 3 N–H and O–H groups in total. The average molecular weight is 493 g/mol. The van der Waals surface area contributed by atoms with Crippen molar-refractivity contribution in [3.05, 3.63) is 89.5 Å². The maximum Gasteiger partial charge on any atom is 0.271 e. The van der Waals surface area contributed by atoms with Gasteiger partial charge in [0.05, 0.1) is 6.61 Å². The van der Waals surface area contributed by atoms with Crippen LogP contribution in [-0.2, 0) is 14.2 Å². The SMILES string of the molecule is Cc1ccc(S[C@@H]2O[C@H](CO[Si]34c5ccccc5C3(C)c3ccccc34)[C@@H](O)[C@H](O)[C@H]2O)cc1. The minimum absolute atomic E-state index is 0.131. The van der Waals surface area contributed by atoms with E-state index in [1.54, 1.807) is 0 Å². The van der Waals surface area contributed by atoms with E-state index in [1.807, 2.05) is 31.2 Å². The monoisotopic (exact) mass is 492 g/mol. The first-order valence-corrected chi connectivity index (χ1v) is 14.4. The lowest BCUT2D eigenvalue weighted by Crippen LogP contribution is -2.90. The number of aliphatic hydroxyl groups is 3. The van der Waals surface area contributed by atoms with Gasteiger partial charge in [0.15, 0.2) is 0 Å². The highest BCUT2D eigenvalue weighted by molar-refractivity contribution is 7.99. The molecule has 3 heterocycles. The van der Waals surface area contributed by atoms with Gasteiger partial charge in [0, 0.05) is 9.93 Å². The molecule has 1 fully saturated rings. The van der Waals surface area contributed by atoms with E-state index in [2.05, 4.69) is 55.5 Å². The van der Waals surface area contributed by atoms with Gasteiger partial charge < -0.3 is 24.5 Å². The molecule has 7 heteroatoms. The van der Waals surface area contributed by atoms with Crippen LogP contribution in [0.15, 0.2) is 77.7 Å². The molecule has 0 radical (unpaired) electrons. The second-order valence-corrected chi connectivity index (χ2v) is 14.6. The molecular formula is C27H28O5SSi. The van der Waals surface area contributed by atoms with Gasteiger partial charge in [-0.15, -0.1) is 0 Å². The summed E-state index contributed by atoms with van der Waals surface area (Å²) in [5.41, 5.74) is 3.06. The quantitative estimate of drug-likeness (QED) is 0.472. The number of benzene rings is 3. The first kappa shape index (κ1) is 22.5. The fourth-order valence-corrected chi connectivity index (χ4v) is 12.3. The first-order chi connectivity index (χ1) is 16.4.